The minimum absolute atomic E-state index is 0.0918. The Kier molecular flexibility index (Phi) is 6.17. The van der Waals surface area contributed by atoms with Gasteiger partial charge in [-0.15, -0.1) is 0 Å². The molecule has 1 aliphatic heterocycles. The normalized spacial score (nSPS) is 30.8. The summed E-state index contributed by atoms with van der Waals surface area (Å²) in [6.07, 6.45) is 10.4. The van der Waals surface area contributed by atoms with Crippen LogP contribution >= 0.6 is 0 Å². The third-order valence-electron chi connectivity index (χ3n) is 5.54. The third-order valence-corrected chi connectivity index (χ3v) is 5.54. The van der Waals surface area contributed by atoms with Crippen LogP contribution in [0.15, 0.2) is 11.8 Å². The highest BCUT2D eigenvalue weighted by atomic mass is 16.7. The second-order valence-corrected chi connectivity index (χ2v) is 7.37. The molecule has 0 aromatic carbocycles. The summed E-state index contributed by atoms with van der Waals surface area (Å²) in [5.41, 5.74) is 0. The summed E-state index contributed by atoms with van der Waals surface area (Å²) in [4.78, 5) is 12.5. The lowest BCUT2D eigenvalue weighted by atomic mass is 9.76. The predicted molar refractivity (Wildman–Crippen MR) is 91.0 cm³/mol. The van der Waals surface area contributed by atoms with Crippen molar-refractivity contribution >= 4 is 5.91 Å². The van der Waals surface area contributed by atoms with Gasteiger partial charge in [-0.25, -0.2) is 0 Å². The molecule has 0 bridgehead atoms. The molecule has 3 atom stereocenters. The molecule has 2 aliphatic carbocycles. The molecule has 0 saturated heterocycles. The van der Waals surface area contributed by atoms with Crippen molar-refractivity contribution in [3.8, 4) is 0 Å². The fourth-order valence-electron chi connectivity index (χ4n) is 4.15. The van der Waals surface area contributed by atoms with E-state index in [0.717, 1.165) is 25.7 Å². The van der Waals surface area contributed by atoms with Crippen molar-refractivity contribution in [3.63, 3.8) is 0 Å². The number of aliphatic hydroxyl groups is 1. The smallest absolute Gasteiger partial charge is 0.286 e. The highest BCUT2D eigenvalue weighted by Gasteiger charge is 2.41. The first-order valence-corrected chi connectivity index (χ1v) is 9.64. The molecule has 5 nitrogen and oxygen atoms in total. The van der Waals surface area contributed by atoms with Crippen molar-refractivity contribution in [1.82, 2.24) is 5.32 Å². The van der Waals surface area contributed by atoms with Gasteiger partial charge in [0.2, 0.25) is 6.29 Å². The zero-order valence-electron chi connectivity index (χ0n) is 14.7. The SMILES string of the molecule is CCO[C@@H]1OC(C(=O)NC2CC2)=C[C@H](C2CCCC2)[C@H]1CCCO. The number of rotatable bonds is 8. The Bertz CT molecular complexity index is 454. The molecule has 136 valence electrons. The van der Waals surface area contributed by atoms with E-state index in [1.165, 1.54) is 25.7 Å². The molecular formula is C19H31NO4. The average Bonchev–Trinajstić information content (AvgIpc) is 3.23. The summed E-state index contributed by atoms with van der Waals surface area (Å²) in [5.74, 6) is 1.48. The van der Waals surface area contributed by atoms with E-state index in [1.54, 1.807) is 0 Å². The van der Waals surface area contributed by atoms with E-state index >= 15 is 0 Å². The predicted octanol–water partition coefficient (Wildman–Crippen LogP) is 2.74. The number of nitrogens with one attached hydrogen (secondary N) is 1. The number of hydrogen-bond donors (Lipinski definition) is 2. The molecule has 1 heterocycles. The first-order valence-electron chi connectivity index (χ1n) is 9.64. The Hall–Kier alpha value is -1.07. The van der Waals surface area contributed by atoms with Gasteiger partial charge in [-0.05, 0) is 63.4 Å². The van der Waals surface area contributed by atoms with Crippen molar-refractivity contribution < 1.29 is 19.4 Å². The van der Waals surface area contributed by atoms with Gasteiger partial charge in [-0.2, -0.15) is 0 Å². The van der Waals surface area contributed by atoms with Gasteiger partial charge in [0.1, 0.15) is 0 Å². The van der Waals surface area contributed by atoms with Crippen LogP contribution in [-0.2, 0) is 14.3 Å². The van der Waals surface area contributed by atoms with Crippen LogP contribution in [0.2, 0.25) is 0 Å². The molecule has 0 aromatic heterocycles. The monoisotopic (exact) mass is 337 g/mol. The maximum Gasteiger partial charge on any atom is 0.286 e. The Morgan fingerprint density at radius 1 is 1.33 bits per heavy atom. The molecule has 0 spiro atoms. The van der Waals surface area contributed by atoms with Crippen LogP contribution < -0.4 is 5.32 Å². The topological polar surface area (TPSA) is 67.8 Å². The van der Waals surface area contributed by atoms with Gasteiger partial charge < -0.3 is 19.9 Å². The molecule has 3 rings (SSSR count). The molecule has 0 aromatic rings. The molecule has 3 aliphatic rings. The van der Waals surface area contributed by atoms with Crippen LogP contribution in [0.3, 0.4) is 0 Å². The second kappa shape index (κ2) is 8.34. The van der Waals surface area contributed by atoms with E-state index < -0.39 is 0 Å². The lowest BCUT2D eigenvalue weighted by Crippen LogP contribution is -2.42. The summed E-state index contributed by atoms with van der Waals surface area (Å²) in [6.45, 7) is 2.71. The van der Waals surface area contributed by atoms with Gasteiger partial charge in [0.15, 0.2) is 5.76 Å². The van der Waals surface area contributed by atoms with Crippen LogP contribution in [-0.4, -0.2) is 36.6 Å². The Labute approximate surface area is 144 Å². The van der Waals surface area contributed by atoms with Crippen molar-refractivity contribution in [3.05, 3.63) is 11.8 Å². The molecule has 24 heavy (non-hydrogen) atoms. The highest BCUT2D eigenvalue weighted by molar-refractivity contribution is 5.92. The Balaban J connectivity index is 1.79. The molecule has 0 radical (unpaired) electrons. The maximum atomic E-state index is 12.5. The largest absolute Gasteiger partial charge is 0.459 e. The standard InChI is InChI=1S/C19H31NO4/c1-2-23-19-15(8-5-11-21)16(13-6-3-4-7-13)12-17(24-19)18(22)20-14-9-10-14/h12-16,19,21H,2-11H2,1H3,(H,20,22)/t15-,16-,19-/m1/s1. The number of amides is 1. The van der Waals surface area contributed by atoms with Crippen molar-refractivity contribution in [2.45, 2.75) is 70.6 Å². The van der Waals surface area contributed by atoms with E-state index in [1.807, 2.05) is 6.92 Å². The van der Waals surface area contributed by atoms with Gasteiger partial charge in [0, 0.05) is 25.2 Å². The van der Waals surface area contributed by atoms with Crippen LogP contribution in [0.5, 0.6) is 0 Å². The summed E-state index contributed by atoms with van der Waals surface area (Å²) in [5, 5.41) is 12.3. The number of aliphatic hydroxyl groups excluding tert-OH is 1. The van der Waals surface area contributed by atoms with Gasteiger partial charge in [0.05, 0.1) is 0 Å². The summed E-state index contributed by atoms with van der Waals surface area (Å²) >= 11 is 0. The van der Waals surface area contributed by atoms with Crippen molar-refractivity contribution in [1.29, 1.82) is 0 Å². The van der Waals surface area contributed by atoms with Gasteiger partial charge >= 0.3 is 0 Å². The minimum Gasteiger partial charge on any atom is -0.459 e. The third kappa shape index (κ3) is 4.31. The van der Waals surface area contributed by atoms with E-state index in [2.05, 4.69) is 11.4 Å². The highest BCUT2D eigenvalue weighted by Crippen LogP contribution is 2.43. The fraction of sp³-hybridized carbons (Fsp3) is 0.842. The van der Waals surface area contributed by atoms with E-state index in [-0.39, 0.29) is 24.7 Å². The number of ether oxygens (including phenoxy) is 2. The number of carbonyl (C=O) groups is 1. The lowest BCUT2D eigenvalue weighted by molar-refractivity contribution is -0.176. The van der Waals surface area contributed by atoms with Gasteiger partial charge in [-0.3, -0.25) is 4.79 Å². The summed E-state index contributed by atoms with van der Waals surface area (Å²) in [6, 6.07) is 0.324. The Morgan fingerprint density at radius 2 is 2.08 bits per heavy atom. The Morgan fingerprint density at radius 3 is 2.71 bits per heavy atom. The fourth-order valence-corrected chi connectivity index (χ4v) is 4.15. The summed E-state index contributed by atoms with van der Waals surface area (Å²) < 4.78 is 11.8. The molecule has 2 N–H and O–H groups in total. The molecule has 5 heteroatoms. The first-order chi connectivity index (χ1) is 11.7. The molecular weight excluding hydrogens is 306 g/mol. The number of carbonyl (C=O) groups excluding carboxylic acids is 1. The average molecular weight is 337 g/mol. The van der Waals surface area contributed by atoms with E-state index in [4.69, 9.17) is 9.47 Å². The quantitative estimate of drug-likeness (QED) is 0.715. The van der Waals surface area contributed by atoms with E-state index in [9.17, 15) is 9.90 Å². The zero-order chi connectivity index (χ0) is 16.9. The number of hydrogen-bond acceptors (Lipinski definition) is 4. The van der Waals surface area contributed by atoms with Crippen LogP contribution in [0.1, 0.15) is 58.3 Å². The van der Waals surface area contributed by atoms with Crippen molar-refractivity contribution in [2.24, 2.45) is 17.8 Å². The van der Waals surface area contributed by atoms with Crippen LogP contribution in [0, 0.1) is 17.8 Å². The molecule has 1 amide bonds. The van der Waals surface area contributed by atoms with Crippen LogP contribution in [0.25, 0.3) is 0 Å². The molecule has 2 saturated carbocycles. The summed E-state index contributed by atoms with van der Waals surface area (Å²) in [7, 11) is 0. The van der Waals surface area contributed by atoms with Crippen molar-refractivity contribution in [2.75, 3.05) is 13.2 Å². The van der Waals surface area contributed by atoms with Gasteiger partial charge in [0.25, 0.3) is 5.91 Å². The molecule has 2 fully saturated rings. The van der Waals surface area contributed by atoms with E-state index in [0.29, 0.717) is 30.2 Å². The minimum atomic E-state index is -0.378. The van der Waals surface area contributed by atoms with Crippen LogP contribution in [0.4, 0.5) is 0 Å². The maximum absolute atomic E-state index is 12.5. The van der Waals surface area contributed by atoms with Gasteiger partial charge in [-0.1, -0.05) is 12.8 Å². The molecule has 0 unspecified atom stereocenters. The lowest BCUT2D eigenvalue weighted by Gasteiger charge is -2.39. The zero-order valence-corrected chi connectivity index (χ0v) is 14.7. The second-order valence-electron chi connectivity index (χ2n) is 7.37. The first kappa shape index (κ1) is 17.7. The number of allylic oxidation sites excluding steroid dienone is 1.